The lowest BCUT2D eigenvalue weighted by Crippen LogP contribution is -2.36. The third-order valence-electron chi connectivity index (χ3n) is 4.91. The lowest BCUT2D eigenvalue weighted by molar-refractivity contribution is -0.201. The number of benzene rings is 1. The lowest BCUT2D eigenvalue weighted by atomic mass is 9.86. The average molecular weight is 349 g/mol. The van der Waals surface area contributed by atoms with Gasteiger partial charge in [-0.05, 0) is 55.9 Å². The minimum atomic E-state index is -0.327. The molecule has 2 heterocycles. The number of hydroxylamine groups is 1. The molecule has 5 nitrogen and oxygen atoms in total. The van der Waals surface area contributed by atoms with Crippen LogP contribution in [0, 0.1) is 0 Å². The summed E-state index contributed by atoms with van der Waals surface area (Å²) < 4.78 is 5.49. The van der Waals surface area contributed by atoms with E-state index in [-0.39, 0.29) is 18.1 Å². The number of aromatic nitrogens is 1. The van der Waals surface area contributed by atoms with Crippen molar-refractivity contribution in [3.05, 3.63) is 34.5 Å². The molecule has 1 saturated heterocycles. The number of amides is 1. The first-order chi connectivity index (χ1) is 11.7. The smallest absolute Gasteiger partial charge is 0.252 e. The molecule has 1 aromatic heterocycles. The van der Waals surface area contributed by atoms with Gasteiger partial charge >= 0.3 is 0 Å². The third kappa shape index (κ3) is 3.04. The van der Waals surface area contributed by atoms with E-state index in [0.29, 0.717) is 11.6 Å². The number of rotatable bonds is 3. The van der Waals surface area contributed by atoms with Crippen LogP contribution in [0.4, 0.5) is 0 Å². The first-order valence-corrected chi connectivity index (χ1v) is 8.97. The lowest BCUT2D eigenvalue weighted by Gasteiger charge is -2.25. The summed E-state index contributed by atoms with van der Waals surface area (Å²) in [6.07, 6.45) is 5.37. The van der Waals surface area contributed by atoms with Gasteiger partial charge in [-0.15, -0.1) is 0 Å². The summed E-state index contributed by atoms with van der Waals surface area (Å²) >= 11 is 6.13. The Labute approximate surface area is 145 Å². The van der Waals surface area contributed by atoms with E-state index in [9.17, 15) is 4.79 Å². The van der Waals surface area contributed by atoms with Crippen molar-refractivity contribution < 1.29 is 14.4 Å². The van der Waals surface area contributed by atoms with Gasteiger partial charge in [-0.3, -0.25) is 4.79 Å². The van der Waals surface area contributed by atoms with Crippen LogP contribution in [0.1, 0.15) is 49.3 Å². The standard InChI is InChI=1S/C18H21ClN2O3/c19-11-7-8-15-14(10-11)12-4-3-5-13(17(12)20-15)18(22)21-24-16-6-1-2-9-23-16/h7-8,10,13,16,20H,1-6,9H2,(H,21,22). The van der Waals surface area contributed by atoms with E-state index in [1.165, 1.54) is 5.56 Å². The summed E-state index contributed by atoms with van der Waals surface area (Å²) in [5, 5.41) is 1.83. The number of aromatic amines is 1. The SMILES string of the molecule is O=C(NOC1CCCCO1)C1CCCc2c1[nH]c1ccc(Cl)cc21. The summed E-state index contributed by atoms with van der Waals surface area (Å²) in [6.45, 7) is 0.691. The molecule has 0 radical (unpaired) electrons. The van der Waals surface area contributed by atoms with Crippen LogP contribution in [-0.2, 0) is 20.8 Å². The Kier molecular flexibility index (Phi) is 4.48. The zero-order valence-electron chi connectivity index (χ0n) is 13.4. The highest BCUT2D eigenvalue weighted by Crippen LogP contribution is 2.37. The summed E-state index contributed by atoms with van der Waals surface area (Å²) in [5.41, 5.74) is 5.83. The molecule has 1 aliphatic carbocycles. The second kappa shape index (κ2) is 6.75. The van der Waals surface area contributed by atoms with Crippen LogP contribution in [0.3, 0.4) is 0 Å². The van der Waals surface area contributed by atoms with Gasteiger partial charge in [0, 0.05) is 34.6 Å². The summed E-state index contributed by atoms with van der Waals surface area (Å²) in [5.74, 6) is -0.328. The molecule has 4 rings (SSSR count). The molecule has 24 heavy (non-hydrogen) atoms. The van der Waals surface area contributed by atoms with Crippen LogP contribution in [0.15, 0.2) is 18.2 Å². The number of hydrogen-bond acceptors (Lipinski definition) is 3. The zero-order valence-corrected chi connectivity index (χ0v) is 14.2. The van der Waals surface area contributed by atoms with Crippen molar-refractivity contribution in [2.45, 2.75) is 50.7 Å². The van der Waals surface area contributed by atoms with Crippen molar-refractivity contribution in [3.63, 3.8) is 0 Å². The van der Waals surface area contributed by atoms with Crippen molar-refractivity contribution in [3.8, 4) is 0 Å². The molecule has 0 spiro atoms. The highest BCUT2D eigenvalue weighted by Gasteiger charge is 2.30. The number of halogens is 1. The molecule has 0 saturated carbocycles. The molecule has 1 amide bonds. The largest absolute Gasteiger partial charge is 0.357 e. The van der Waals surface area contributed by atoms with Crippen LogP contribution in [0.5, 0.6) is 0 Å². The molecule has 2 unspecified atom stereocenters. The van der Waals surface area contributed by atoms with Crippen LogP contribution < -0.4 is 5.48 Å². The molecule has 0 bridgehead atoms. The second-order valence-electron chi connectivity index (χ2n) is 6.53. The summed E-state index contributed by atoms with van der Waals surface area (Å²) in [7, 11) is 0. The van der Waals surface area contributed by atoms with Gasteiger partial charge in [0.05, 0.1) is 5.92 Å². The molecule has 1 aliphatic heterocycles. The number of aryl methyl sites for hydroxylation is 1. The van der Waals surface area contributed by atoms with Gasteiger partial charge in [0.15, 0.2) is 6.29 Å². The number of carbonyl (C=O) groups excluding carboxylic acids is 1. The van der Waals surface area contributed by atoms with E-state index < -0.39 is 0 Å². The number of H-pyrrole nitrogens is 1. The van der Waals surface area contributed by atoms with Gasteiger partial charge in [-0.25, -0.2) is 10.3 Å². The van der Waals surface area contributed by atoms with Crippen molar-refractivity contribution in [1.82, 2.24) is 10.5 Å². The van der Waals surface area contributed by atoms with Gasteiger partial charge in [-0.1, -0.05) is 11.6 Å². The van der Waals surface area contributed by atoms with E-state index in [0.717, 1.165) is 55.1 Å². The molecule has 1 fully saturated rings. The molecule has 6 heteroatoms. The van der Waals surface area contributed by atoms with Gasteiger partial charge in [-0.2, -0.15) is 0 Å². The van der Waals surface area contributed by atoms with Crippen LogP contribution >= 0.6 is 11.6 Å². The Morgan fingerprint density at radius 2 is 2.21 bits per heavy atom. The molecule has 2 aliphatic rings. The number of nitrogens with one attached hydrogen (secondary N) is 2. The first kappa shape index (κ1) is 15.9. The molecule has 2 atom stereocenters. The minimum Gasteiger partial charge on any atom is -0.357 e. The maximum absolute atomic E-state index is 12.6. The fourth-order valence-corrected chi connectivity index (χ4v) is 3.87. The molecule has 2 N–H and O–H groups in total. The highest BCUT2D eigenvalue weighted by molar-refractivity contribution is 6.31. The van der Waals surface area contributed by atoms with E-state index in [4.69, 9.17) is 21.2 Å². The Morgan fingerprint density at radius 3 is 3.04 bits per heavy atom. The molecule has 1 aromatic carbocycles. The predicted molar refractivity (Wildman–Crippen MR) is 91.8 cm³/mol. The molecular formula is C18H21ClN2O3. The molecule has 2 aromatic rings. The van der Waals surface area contributed by atoms with E-state index >= 15 is 0 Å². The quantitative estimate of drug-likeness (QED) is 0.829. The number of fused-ring (bicyclic) bond motifs is 3. The Morgan fingerprint density at radius 1 is 1.29 bits per heavy atom. The van der Waals surface area contributed by atoms with Gasteiger partial charge in [0.2, 0.25) is 0 Å². The van der Waals surface area contributed by atoms with Gasteiger partial charge < -0.3 is 9.72 Å². The van der Waals surface area contributed by atoms with Crippen molar-refractivity contribution in [2.24, 2.45) is 0 Å². The van der Waals surface area contributed by atoms with E-state index in [2.05, 4.69) is 10.5 Å². The predicted octanol–water partition coefficient (Wildman–Crippen LogP) is 3.82. The number of carbonyl (C=O) groups is 1. The normalized spacial score (nSPS) is 23.9. The third-order valence-corrected chi connectivity index (χ3v) is 5.15. The fraction of sp³-hybridized carbons (Fsp3) is 0.500. The Bertz CT molecular complexity index is 752. The second-order valence-corrected chi connectivity index (χ2v) is 6.97. The highest BCUT2D eigenvalue weighted by atomic mass is 35.5. The van der Waals surface area contributed by atoms with Crippen molar-refractivity contribution >= 4 is 28.4 Å². The monoisotopic (exact) mass is 348 g/mol. The molecule has 128 valence electrons. The van der Waals surface area contributed by atoms with Gasteiger partial charge in [0.1, 0.15) is 0 Å². The number of ether oxygens (including phenoxy) is 1. The van der Waals surface area contributed by atoms with Crippen molar-refractivity contribution in [1.29, 1.82) is 0 Å². The Balaban J connectivity index is 1.52. The minimum absolute atomic E-state index is 0.109. The summed E-state index contributed by atoms with van der Waals surface area (Å²) in [4.78, 5) is 21.5. The van der Waals surface area contributed by atoms with Crippen molar-refractivity contribution in [2.75, 3.05) is 6.61 Å². The Hall–Kier alpha value is -1.56. The fourth-order valence-electron chi connectivity index (χ4n) is 3.70. The topological polar surface area (TPSA) is 63.4 Å². The van der Waals surface area contributed by atoms with E-state index in [1.54, 1.807) is 0 Å². The van der Waals surface area contributed by atoms with Crippen LogP contribution in [0.25, 0.3) is 10.9 Å². The van der Waals surface area contributed by atoms with Gasteiger partial charge in [0.25, 0.3) is 5.91 Å². The average Bonchev–Trinajstić information content (AvgIpc) is 2.98. The van der Waals surface area contributed by atoms with E-state index in [1.807, 2.05) is 18.2 Å². The zero-order chi connectivity index (χ0) is 16.5. The molecular weight excluding hydrogens is 328 g/mol. The maximum atomic E-state index is 12.6. The maximum Gasteiger partial charge on any atom is 0.252 e. The van der Waals surface area contributed by atoms with Crippen LogP contribution in [-0.4, -0.2) is 23.8 Å². The van der Waals surface area contributed by atoms with Crippen LogP contribution in [0.2, 0.25) is 5.02 Å². The number of hydrogen-bond donors (Lipinski definition) is 2. The summed E-state index contributed by atoms with van der Waals surface area (Å²) in [6, 6.07) is 5.81. The first-order valence-electron chi connectivity index (χ1n) is 8.59.